The SMILES string of the molecule is Cc1cc(C)c(C2(C(N)=O)SC=CC2S(=O)(=O)Nc2onc(C)c2Cl)c(C)c1C#N. The van der Waals surface area contributed by atoms with Crippen molar-refractivity contribution in [1.82, 2.24) is 5.16 Å². The molecule has 1 aromatic carbocycles. The average molecular weight is 467 g/mol. The zero-order valence-corrected chi connectivity index (χ0v) is 19.0. The molecule has 11 heteroatoms. The number of hydrogen-bond donors (Lipinski definition) is 2. The first kappa shape index (κ1) is 22.2. The number of carbonyl (C=O) groups is 1. The first-order valence-electron chi connectivity index (χ1n) is 8.76. The zero-order valence-electron chi connectivity index (χ0n) is 16.6. The number of sulfonamides is 1. The molecule has 0 bridgehead atoms. The van der Waals surface area contributed by atoms with Crippen molar-refractivity contribution >= 4 is 45.2 Å². The summed E-state index contributed by atoms with van der Waals surface area (Å²) in [5, 5.41) is 13.4. The molecular weight excluding hydrogens is 448 g/mol. The summed E-state index contributed by atoms with van der Waals surface area (Å²) in [6, 6.07) is 3.88. The first-order valence-corrected chi connectivity index (χ1v) is 11.6. The van der Waals surface area contributed by atoms with Gasteiger partial charge in [0.05, 0.1) is 11.6 Å². The van der Waals surface area contributed by atoms with Gasteiger partial charge in [0.1, 0.15) is 20.7 Å². The molecule has 1 aliphatic heterocycles. The topological polar surface area (TPSA) is 139 Å². The van der Waals surface area contributed by atoms with Gasteiger partial charge >= 0.3 is 0 Å². The number of amides is 1. The van der Waals surface area contributed by atoms with Crippen molar-refractivity contribution in [3.63, 3.8) is 0 Å². The molecule has 2 atom stereocenters. The highest BCUT2D eigenvalue weighted by Gasteiger charge is 2.56. The maximum Gasteiger partial charge on any atom is 0.257 e. The minimum Gasteiger partial charge on any atom is -0.368 e. The number of primary amides is 1. The highest BCUT2D eigenvalue weighted by molar-refractivity contribution is 8.05. The van der Waals surface area contributed by atoms with Gasteiger partial charge in [0.15, 0.2) is 0 Å². The predicted molar refractivity (Wildman–Crippen MR) is 116 cm³/mol. The van der Waals surface area contributed by atoms with Crippen LogP contribution in [0.25, 0.3) is 0 Å². The third-order valence-corrected chi connectivity index (χ3v) is 8.66. The van der Waals surface area contributed by atoms with Crippen LogP contribution in [0.1, 0.15) is 33.5 Å². The number of aryl methyl sites for hydroxylation is 3. The Kier molecular flexibility index (Phi) is 5.66. The number of aromatic nitrogens is 1. The molecule has 0 radical (unpaired) electrons. The summed E-state index contributed by atoms with van der Waals surface area (Å²) < 4.78 is 32.2. The van der Waals surface area contributed by atoms with E-state index in [1.807, 2.05) is 0 Å². The number of benzene rings is 1. The number of halogens is 1. The number of thioether (sulfide) groups is 1. The normalized spacial score (nSPS) is 20.9. The van der Waals surface area contributed by atoms with Crippen molar-refractivity contribution in [3.05, 3.63) is 56.1 Å². The molecule has 3 rings (SSSR count). The summed E-state index contributed by atoms with van der Waals surface area (Å²) in [5.74, 6) is -1.08. The van der Waals surface area contributed by atoms with Crippen molar-refractivity contribution in [3.8, 4) is 6.07 Å². The molecule has 0 fully saturated rings. The number of anilines is 1. The number of carbonyl (C=O) groups excluding carboxylic acids is 1. The third-order valence-electron chi connectivity index (χ3n) is 5.09. The van der Waals surface area contributed by atoms with Crippen LogP contribution in [0.2, 0.25) is 5.02 Å². The molecule has 1 aliphatic rings. The van der Waals surface area contributed by atoms with Gasteiger partial charge < -0.3 is 10.3 Å². The average Bonchev–Trinajstić information content (AvgIpc) is 3.22. The Morgan fingerprint density at radius 1 is 1.37 bits per heavy atom. The Labute approximate surface area is 183 Å². The van der Waals surface area contributed by atoms with Crippen LogP contribution in [0.15, 0.2) is 22.1 Å². The molecule has 2 unspecified atom stereocenters. The second-order valence-electron chi connectivity index (χ2n) is 7.02. The van der Waals surface area contributed by atoms with Crippen LogP contribution in [-0.4, -0.2) is 24.7 Å². The van der Waals surface area contributed by atoms with Crippen molar-refractivity contribution < 1.29 is 17.7 Å². The van der Waals surface area contributed by atoms with E-state index in [4.69, 9.17) is 21.9 Å². The molecule has 0 saturated carbocycles. The summed E-state index contributed by atoms with van der Waals surface area (Å²) in [5.41, 5.74) is 8.81. The Morgan fingerprint density at radius 3 is 2.57 bits per heavy atom. The Balaban J connectivity index is 2.22. The highest BCUT2D eigenvalue weighted by Crippen LogP contribution is 2.51. The fourth-order valence-electron chi connectivity index (χ4n) is 3.81. The lowest BCUT2D eigenvalue weighted by Gasteiger charge is -2.34. The van der Waals surface area contributed by atoms with Crippen molar-refractivity contribution in [2.75, 3.05) is 4.72 Å². The summed E-state index contributed by atoms with van der Waals surface area (Å²) in [6.45, 7) is 6.79. The number of rotatable bonds is 5. The number of nitriles is 1. The number of nitrogens with zero attached hydrogens (tertiary/aromatic N) is 2. The largest absolute Gasteiger partial charge is 0.368 e. The second kappa shape index (κ2) is 7.65. The van der Waals surface area contributed by atoms with Crippen LogP contribution in [0.4, 0.5) is 5.88 Å². The maximum absolute atomic E-state index is 13.3. The minimum atomic E-state index is -4.25. The van der Waals surface area contributed by atoms with Gasteiger partial charge in [-0.05, 0) is 55.4 Å². The Morgan fingerprint density at radius 2 is 2.03 bits per heavy atom. The molecule has 3 N–H and O–H groups in total. The van der Waals surface area contributed by atoms with Gasteiger partial charge in [-0.1, -0.05) is 28.9 Å². The molecule has 30 heavy (non-hydrogen) atoms. The van der Waals surface area contributed by atoms with Crippen LogP contribution in [-0.2, 0) is 19.6 Å². The van der Waals surface area contributed by atoms with Crippen LogP contribution in [0.5, 0.6) is 0 Å². The van der Waals surface area contributed by atoms with Gasteiger partial charge in [0.25, 0.3) is 5.88 Å². The summed E-state index contributed by atoms with van der Waals surface area (Å²) >= 11 is 7.04. The standard InChI is InChI=1S/C19H19ClN4O4S2/c1-9-7-10(2)15(11(3)13(9)8-21)19(18(22)25)14(5-6-29-19)30(26,27)24-17-16(20)12(4)23-28-17/h5-7,14,24H,1-4H3,(H2,22,25). The van der Waals surface area contributed by atoms with E-state index >= 15 is 0 Å². The monoisotopic (exact) mass is 466 g/mol. The first-order chi connectivity index (χ1) is 14.0. The molecule has 1 aromatic heterocycles. The smallest absolute Gasteiger partial charge is 0.257 e. The summed E-state index contributed by atoms with van der Waals surface area (Å²) in [6.07, 6.45) is 1.39. The van der Waals surface area contributed by atoms with E-state index in [0.29, 0.717) is 27.9 Å². The van der Waals surface area contributed by atoms with Crippen molar-refractivity contribution in [1.29, 1.82) is 5.26 Å². The lowest BCUT2D eigenvalue weighted by molar-refractivity contribution is -0.120. The number of nitrogens with two attached hydrogens (primary N) is 1. The molecule has 1 amide bonds. The van der Waals surface area contributed by atoms with E-state index in [0.717, 1.165) is 17.3 Å². The lowest BCUT2D eigenvalue weighted by atomic mass is 9.83. The molecule has 0 spiro atoms. The van der Waals surface area contributed by atoms with Crippen LogP contribution in [0.3, 0.4) is 0 Å². The van der Waals surface area contributed by atoms with Crippen LogP contribution < -0.4 is 10.5 Å². The van der Waals surface area contributed by atoms with E-state index in [1.54, 1.807) is 33.8 Å². The fraction of sp³-hybridized carbons (Fsp3) is 0.316. The Bertz CT molecular complexity index is 1230. The van der Waals surface area contributed by atoms with E-state index < -0.39 is 25.9 Å². The van der Waals surface area contributed by atoms with Crippen molar-refractivity contribution in [2.45, 2.75) is 37.7 Å². The molecule has 158 valence electrons. The van der Waals surface area contributed by atoms with Gasteiger partial charge in [-0.25, -0.2) is 13.1 Å². The van der Waals surface area contributed by atoms with Gasteiger partial charge in [-0.15, -0.1) is 11.8 Å². The van der Waals surface area contributed by atoms with Gasteiger partial charge in [-0.3, -0.25) is 4.79 Å². The van der Waals surface area contributed by atoms with E-state index in [-0.39, 0.29) is 10.9 Å². The van der Waals surface area contributed by atoms with Gasteiger partial charge in [-0.2, -0.15) is 5.26 Å². The van der Waals surface area contributed by atoms with E-state index in [1.165, 1.54) is 11.5 Å². The quantitative estimate of drug-likeness (QED) is 0.689. The maximum atomic E-state index is 13.3. The highest BCUT2D eigenvalue weighted by atomic mass is 35.5. The minimum absolute atomic E-state index is 0.0207. The lowest BCUT2D eigenvalue weighted by Crippen LogP contribution is -2.50. The molecule has 0 aliphatic carbocycles. The fourth-order valence-corrected chi connectivity index (χ4v) is 7.32. The molecule has 2 heterocycles. The second-order valence-corrected chi connectivity index (χ2v) is 10.4. The number of hydrogen-bond acceptors (Lipinski definition) is 7. The van der Waals surface area contributed by atoms with Crippen LogP contribution >= 0.6 is 23.4 Å². The van der Waals surface area contributed by atoms with Gasteiger partial charge in [0.2, 0.25) is 15.9 Å². The number of nitrogens with one attached hydrogen (secondary N) is 1. The summed E-state index contributed by atoms with van der Waals surface area (Å²) in [4.78, 5) is 12.8. The van der Waals surface area contributed by atoms with E-state index in [9.17, 15) is 18.5 Å². The third kappa shape index (κ3) is 3.27. The molecule has 0 saturated heterocycles. The van der Waals surface area contributed by atoms with Crippen LogP contribution in [0, 0.1) is 39.0 Å². The zero-order chi connectivity index (χ0) is 22.4. The van der Waals surface area contributed by atoms with Gasteiger partial charge in [0, 0.05) is 0 Å². The Hall–Kier alpha value is -2.48. The van der Waals surface area contributed by atoms with E-state index in [2.05, 4.69) is 15.9 Å². The molecule has 8 nitrogen and oxygen atoms in total. The summed E-state index contributed by atoms with van der Waals surface area (Å²) in [7, 11) is -4.25. The predicted octanol–water partition coefficient (Wildman–Crippen LogP) is 3.18. The molecule has 2 aromatic rings. The molecular formula is C19H19ClN4O4S2. The van der Waals surface area contributed by atoms with Crippen molar-refractivity contribution in [2.24, 2.45) is 5.73 Å².